The van der Waals surface area contributed by atoms with Gasteiger partial charge in [0, 0.05) is 12.5 Å². The van der Waals surface area contributed by atoms with E-state index in [1.807, 2.05) is 5.10 Å². The van der Waals surface area contributed by atoms with Crippen molar-refractivity contribution in [2.45, 2.75) is 63.6 Å². The lowest BCUT2D eigenvalue weighted by Gasteiger charge is -2.12. The Hall–Kier alpha value is -2.06. The van der Waals surface area contributed by atoms with Crippen molar-refractivity contribution in [3.8, 4) is 0 Å². The van der Waals surface area contributed by atoms with Crippen LogP contribution in [0.1, 0.15) is 57.1 Å². The molecule has 2 aliphatic carbocycles. The Morgan fingerprint density at radius 3 is 2.60 bits per heavy atom. The number of halogens is 3. The molecule has 1 aromatic rings. The van der Waals surface area contributed by atoms with Gasteiger partial charge in [-0.15, -0.1) is 0 Å². The molecule has 0 aliphatic heterocycles. The first-order valence-electron chi connectivity index (χ1n) is 8.67. The van der Waals surface area contributed by atoms with Gasteiger partial charge in [-0.3, -0.25) is 15.2 Å². The summed E-state index contributed by atoms with van der Waals surface area (Å²) in [5, 5.41) is 10.9. The molecule has 0 radical (unpaired) electrons. The molecule has 1 heterocycles. The molecule has 1 aromatic heterocycles. The molecule has 0 unspecified atom stereocenters. The third-order valence-corrected chi connectivity index (χ3v) is 4.50. The number of aromatic amines is 1. The number of nitrogens with one attached hydrogen (secondary N) is 3. The van der Waals surface area contributed by atoms with Crippen molar-refractivity contribution < 1.29 is 18.0 Å². The fraction of sp³-hybridized carbons (Fsp3) is 0.688. The summed E-state index contributed by atoms with van der Waals surface area (Å²) in [5.74, 6) is 0.608. The van der Waals surface area contributed by atoms with Crippen LogP contribution in [0.25, 0.3) is 0 Å². The number of rotatable bonds is 5. The van der Waals surface area contributed by atoms with Crippen LogP contribution < -0.4 is 10.6 Å². The summed E-state index contributed by atoms with van der Waals surface area (Å²) >= 11 is 0. The molecule has 0 saturated heterocycles. The number of anilines is 1. The minimum absolute atomic E-state index is 0.0217. The second kappa shape index (κ2) is 7.45. The smallest absolute Gasteiger partial charge is 0.309 e. The van der Waals surface area contributed by atoms with Crippen LogP contribution in [0.2, 0.25) is 0 Å². The molecule has 0 bridgehead atoms. The fourth-order valence-corrected chi connectivity index (χ4v) is 2.90. The molecule has 2 saturated carbocycles. The number of carbonyl (C=O) groups excluding carboxylic acids is 1. The second-order valence-electron chi connectivity index (χ2n) is 6.74. The number of aromatic nitrogens is 2. The second-order valence-corrected chi connectivity index (χ2v) is 6.74. The zero-order chi connectivity index (χ0) is 17.9. The monoisotopic (exact) mass is 357 g/mol. The van der Waals surface area contributed by atoms with Gasteiger partial charge < -0.3 is 5.32 Å². The predicted molar refractivity (Wildman–Crippen MR) is 87.0 cm³/mol. The van der Waals surface area contributed by atoms with E-state index in [9.17, 15) is 18.0 Å². The Morgan fingerprint density at radius 2 is 2.00 bits per heavy atom. The van der Waals surface area contributed by atoms with Crippen molar-refractivity contribution in [3.63, 3.8) is 0 Å². The van der Waals surface area contributed by atoms with Crippen molar-refractivity contribution in [3.05, 3.63) is 11.8 Å². The van der Waals surface area contributed by atoms with Crippen LogP contribution in [0.15, 0.2) is 11.1 Å². The van der Waals surface area contributed by atoms with E-state index in [-0.39, 0.29) is 23.7 Å². The van der Waals surface area contributed by atoms with Gasteiger partial charge in [0.15, 0.2) is 5.82 Å². The number of hydrogen-bond donors (Lipinski definition) is 3. The van der Waals surface area contributed by atoms with Gasteiger partial charge in [-0.1, -0.05) is 25.7 Å². The summed E-state index contributed by atoms with van der Waals surface area (Å²) in [4.78, 5) is 16.5. The normalized spacial score (nSPS) is 19.2. The van der Waals surface area contributed by atoms with Crippen LogP contribution >= 0.6 is 0 Å². The molecule has 3 rings (SSSR count). The molecule has 0 aromatic carbocycles. The van der Waals surface area contributed by atoms with E-state index in [4.69, 9.17) is 0 Å². The maximum Gasteiger partial charge on any atom is 0.432 e. The van der Waals surface area contributed by atoms with Crippen LogP contribution in [-0.4, -0.2) is 28.1 Å². The number of carbonyl (C=O) groups is 1. The molecule has 0 spiro atoms. The molecular weight excluding hydrogens is 335 g/mol. The highest BCUT2D eigenvalue weighted by atomic mass is 19.4. The van der Waals surface area contributed by atoms with Crippen molar-refractivity contribution in [1.29, 1.82) is 0 Å². The van der Waals surface area contributed by atoms with Crippen LogP contribution in [-0.2, 0) is 11.0 Å². The highest BCUT2D eigenvalue weighted by Crippen LogP contribution is 2.33. The third-order valence-electron chi connectivity index (χ3n) is 4.50. The van der Waals surface area contributed by atoms with Crippen molar-refractivity contribution in [2.24, 2.45) is 10.9 Å². The highest BCUT2D eigenvalue weighted by Gasteiger charge is 2.33. The van der Waals surface area contributed by atoms with E-state index in [2.05, 4.69) is 20.7 Å². The van der Waals surface area contributed by atoms with E-state index >= 15 is 0 Å². The predicted octanol–water partition coefficient (Wildman–Crippen LogP) is 3.45. The zero-order valence-corrected chi connectivity index (χ0v) is 13.8. The average molecular weight is 357 g/mol. The summed E-state index contributed by atoms with van der Waals surface area (Å²) in [6.07, 6.45) is 3.03. The maximum absolute atomic E-state index is 12.7. The molecule has 6 nitrogen and oxygen atoms in total. The van der Waals surface area contributed by atoms with Gasteiger partial charge in [-0.2, -0.15) is 18.3 Å². The molecule has 0 atom stereocenters. The van der Waals surface area contributed by atoms with E-state index in [0.717, 1.165) is 38.2 Å². The summed E-state index contributed by atoms with van der Waals surface area (Å²) in [6.45, 7) is 0. The van der Waals surface area contributed by atoms with Gasteiger partial charge in [0.25, 0.3) is 0 Å². The molecule has 2 aliphatic rings. The van der Waals surface area contributed by atoms with Gasteiger partial charge in [-0.25, -0.2) is 4.99 Å². The topological polar surface area (TPSA) is 82.2 Å². The number of H-pyrrole nitrogens is 1. The summed E-state index contributed by atoms with van der Waals surface area (Å²) in [6, 6.07) is 0.938. The van der Waals surface area contributed by atoms with Crippen molar-refractivity contribution in [1.82, 2.24) is 15.5 Å². The number of amides is 1. The average Bonchev–Trinajstić information content (AvgIpc) is 3.00. The van der Waals surface area contributed by atoms with E-state index in [1.165, 1.54) is 12.8 Å². The largest absolute Gasteiger partial charge is 0.432 e. The van der Waals surface area contributed by atoms with E-state index in [1.54, 1.807) is 0 Å². The number of nitrogens with zero attached hydrogens (tertiary/aromatic N) is 2. The standard InChI is InChI=1S/C16H22F3N5O/c17-16(18,19)12-9-13(24-23-12)21-15(20-11-3-1-2-4-11)22-14(25)8-7-10-5-6-10/h9-11H,1-8H2,(H3,20,21,22,23,24,25). The SMILES string of the molecule is O=C(CCC1CC1)NC(=NC1CCCC1)Nc1cc(C(F)(F)F)[nH]n1. The Morgan fingerprint density at radius 1 is 1.28 bits per heavy atom. The highest BCUT2D eigenvalue weighted by molar-refractivity contribution is 6.03. The Bertz CT molecular complexity index is 630. The van der Waals surface area contributed by atoms with Crippen LogP contribution in [0.5, 0.6) is 0 Å². The quantitative estimate of drug-likeness (QED) is 0.558. The molecule has 138 valence electrons. The number of hydrogen-bond acceptors (Lipinski definition) is 3. The van der Waals surface area contributed by atoms with Crippen LogP contribution in [0, 0.1) is 5.92 Å². The zero-order valence-electron chi connectivity index (χ0n) is 13.8. The lowest BCUT2D eigenvalue weighted by atomic mass is 10.2. The lowest BCUT2D eigenvalue weighted by Crippen LogP contribution is -2.37. The van der Waals surface area contributed by atoms with Crippen molar-refractivity contribution >= 4 is 17.7 Å². The van der Waals surface area contributed by atoms with Gasteiger partial charge in [0.1, 0.15) is 5.69 Å². The Balaban J connectivity index is 1.64. The summed E-state index contributed by atoms with van der Waals surface area (Å²) in [5.41, 5.74) is -0.949. The van der Waals surface area contributed by atoms with E-state index < -0.39 is 11.9 Å². The first-order valence-corrected chi connectivity index (χ1v) is 8.67. The lowest BCUT2D eigenvalue weighted by molar-refractivity contribution is -0.141. The molecule has 3 N–H and O–H groups in total. The minimum Gasteiger partial charge on any atom is -0.309 e. The molecule has 9 heteroatoms. The van der Waals surface area contributed by atoms with Crippen LogP contribution in [0.3, 0.4) is 0 Å². The maximum atomic E-state index is 12.7. The number of aliphatic imine (C=N–C) groups is 1. The summed E-state index contributed by atoms with van der Waals surface area (Å²) < 4.78 is 38.0. The third kappa shape index (κ3) is 5.47. The van der Waals surface area contributed by atoms with Crippen LogP contribution in [0.4, 0.5) is 19.0 Å². The molecule has 2 fully saturated rings. The molecular formula is C16H22F3N5O. The minimum atomic E-state index is -4.50. The van der Waals surface area contributed by atoms with Crippen molar-refractivity contribution in [2.75, 3.05) is 5.32 Å². The van der Waals surface area contributed by atoms with Gasteiger partial charge in [0.05, 0.1) is 6.04 Å². The van der Waals surface area contributed by atoms with E-state index in [0.29, 0.717) is 12.3 Å². The Labute approximate surface area is 143 Å². The number of alkyl halides is 3. The molecule has 25 heavy (non-hydrogen) atoms. The first-order chi connectivity index (χ1) is 11.9. The first kappa shape index (κ1) is 17.8. The van der Waals surface area contributed by atoms with Gasteiger partial charge >= 0.3 is 6.18 Å². The van der Waals surface area contributed by atoms with Gasteiger partial charge in [-0.05, 0) is 25.2 Å². The molecule has 1 amide bonds. The number of guanidine groups is 1. The van der Waals surface area contributed by atoms with Gasteiger partial charge in [0.2, 0.25) is 11.9 Å². The summed E-state index contributed by atoms with van der Waals surface area (Å²) in [7, 11) is 0. The Kier molecular flexibility index (Phi) is 5.29. The fourth-order valence-electron chi connectivity index (χ4n) is 2.90.